The van der Waals surface area contributed by atoms with Crippen molar-refractivity contribution in [2.75, 3.05) is 7.11 Å². The number of aliphatic carboxylic acids is 1. The molecule has 0 atom stereocenters. The highest BCUT2D eigenvalue weighted by Crippen LogP contribution is 2.18. The number of primary amides is 1. The monoisotopic (exact) mass is 385 g/mol. The number of alkyl halides is 3. The van der Waals surface area contributed by atoms with Crippen molar-refractivity contribution in [3.63, 3.8) is 0 Å². The third kappa shape index (κ3) is 11.8. The van der Waals surface area contributed by atoms with Crippen LogP contribution in [-0.4, -0.2) is 36.1 Å². The Morgan fingerprint density at radius 1 is 1.15 bits per heavy atom. The van der Waals surface area contributed by atoms with E-state index in [1.807, 2.05) is 13.8 Å². The number of Topliss-reactive ketones (excluding diaryl/α,β-unsaturated/α-hetero) is 1. The van der Waals surface area contributed by atoms with Crippen LogP contribution in [0.1, 0.15) is 44.5 Å². The van der Waals surface area contributed by atoms with E-state index in [0.29, 0.717) is 0 Å². The summed E-state index contributed by atoms with van der Waals surface area (Å²) >= 11 is 0. The van der Waals surface area contributed by atoms with E-state index in [1.54, 1.807) is 0 Å². The fraction of sp³-hybridized carbons (Fsp3) is 0.438. The first-order valence-electron chi connectivity index (χ1n) is 6.94. The molecule has 3 N–H and O–H groups in total. The van der Waals surface area contributed by atoms with Gasteiger partial charge in [0.2, 0.25) is 0 Å². The van der Waals surface area contributed by atoms with Gasteiger partial charge < -0.3 is 15.6 Å². The number of carbonyl (C=O) groups is 3. The molecule has 26 heavy (non-hydrogen) atoms. The van der Waals surface area contributed by atoms with Crippen molar-refractivity contribution in [1.29, 1.82) is 0 Å². The highest BCUT2D eigenvalue weighted by Gasteiger charge is 2.35. The number of halogens is 4. The van der Waals surface area contributed by atoms with Gasteiger partial charge in [-0.2, -0.15) is 13.2 Å². The van der Waals surface area contributed by atoms with Gasteiger partial charge in [0.05, 0.1) is 13.5 Å². The quantitative estimate of drug-likeness (QED) is 0.595. The van der Waals surface area contributed by atoms with Crippen LogP contribution in [0.5, 0.6) is 5.75 Å². The number of carboxylic acids is 1. The van der Waals surface area contributed by atoms with Crippen molar-refractivity contribution < 1.29 is 41.8 Å². The lowest BCUT2D eigenvalue weighted by atomic mass is 10.1. The van der Waals surface area contributed by atoms with Crippen molar-refractivity contribution in [2.45, 2.75) is 40.3 Å². The second-order valence-corrected chi connectivity index (χ2v) is 4.03. The zero-order chi connectivity index (χ0) is 20.2. The minimum Gasteiger partial charge on any atom is -0.494 e. The van der Waals surface area contributed by atoms with Crippen LogP contribution in [-0.2, 0) is 9.59 Å². The lowest BCUT2D eigenvalue weighted by Gasteiger charge is -2.03. The second kappa shape index (κ2) is 13.6. The first-order chi connectivity index (χ1) is 11.5. The van der Waals surface area contributed by atoms with Crippen molar-refractivity contribution in [3.8, 4) is 5.75 Å². The summed E-state index contributed by atoms with van der Waals surface area (Å²) in [7, 11) is 1.32. The topological polar surface area (TPSA) is 107 Å². The lowest BCUT2D eigenvalue weighted by Crippen LogP contribution is -2.30. The Morgan fingerprint density at radius 2 is 1.62 bits per heavy atom. The maximum Gasteiger partial charge on any atom is 0.470 e. The van der Waals surface area contributed by atoms with E-state index in [4.69, 9.17) is 14.6 Å². The van der Waals surface area contributed by atoms with Gasteiger partial charge in [-0.15, -0.1) is 0 Å². The zero-order valence-corrected chi connectivity index (χ0v) is 13.8. The molecule has 0 heterocycles. The first kappa shape index (κ1) is 28.2. The van der Waals surface area contributed by atoms with E-state index in [0.717, 1.165) is 6.07 Å². The number of carbonyl (C=O) groups excluding carboxylic acids is 2. The summed E-state index contributed by atoms with van der Waals surface area (Å²) in [6.45, 7) is 4.00. The smallest absolute Gasteiger partial charge is 0.470 e. The number of methoxy groups -OCH3 is 1. The van der Waals surface area contributed by atoms with Crippen LogP contribution < -0.4 is 10.5 Å². The predicted octanol–water partition coefficient (Wildman–Crippen LogP) is 3.58. The molecule has 0 radical (unpaired) electrons. The Kier molecular flexibility index (Phi) is 14.8. The fourth-order valence-electron chi connectivity index (χ4n) is 1.20. The second-order valence-electron chi connectivity index (χ2n) is 4.03. The van der Waals surface area contributed by atoms with E-state index in [-0.39, 0.29) is 31.6 Å². The Bertz CT molecular complexity index is 588. The standard InChI is InChI=1S/C11H11FO4.C2H2F3NO.C2H6.CH4/c1-16-10-4-2-7(6-8(10)12)9(13)3-5-11(14)15;3-2(4,5)1(6)7;1-2;/h2,4,6H,3,5H2,1H3,(H,14,15);(H2,6,7);1-2H3;1H4. The molecule has 0 bridgehead atoms. The van der Waals surface area contributed by atoms with Gasteiger partial charge in [0, 0.05) is 12.0 Å². The molecule has 1 aromatic carbocycles. The molecule has 1 amide bonds. The van der Waals surface area contributed by atoms with Crippen molar-refractivity contribution in [3.05, 3.63) is 29.6 Å². The van der Waals surface area contributed by atoms with Crippen LogP contribution in [0.25, 0.3) is 0 Å². The van der Waals surface area contributed by atoms with E-state index >= 15 is 0 Å². The third-order valence-electron chi connectivity index (χ3n) is 2.32. The molecule has 0 aliphatic carbocycles. The van der Waals surface area contributed by atoms with Gasteiger partial charge in [-0.25, -0.2) is 4.39 Å². The molecule has 0 aromatic heterocycles. The maximum atomic E-state index is 13.2. The Labute approximate surface area is 148 Å². The molecular formula is C16H23F4NO5. The number of ketones is 1. The molecule has 1 aromatic rings. The van der Waals surface area contributed by atoms with E-state index < -0.39 is 29.7 Å². The Hall–Kier alpha value is -2.65. The van der Waals surface area contributed by atoms with Crippen molar-refractivity contribution >= 4 is 17.7 Å². The van der Waals surface area contributed by atoms with E-state index in [9.17, 15) is 27.2 Å². The first-order valence-corrected chi connectivity index (χ1v) is 6.94. The highest BCUT2D eigenvalue weighted by molar-refractivity contribution is 5.97. The van der Waals surface area contributed by atoms with Gasteiger partial charge in [0.25, 0.3) is 0 Å². The molecule has 0 unspecified atom stereocenters. The molecule has 0 saturated carbocycles. The van der Waals surface area contributed by atoms with Gasteiger partial charge in [0.15, 0.2) is 17.3 Å². The molecule has 0 fully saturated rings. The number of hydrogen-bond acceptors (Lipinski definition) is 4. The summed E-state index contributed by atoms with van der Waals surface area (Å²) in [6.07, 6.45) is -5.26. The molecule has 1 rings (SSSR count). The SMILES string of the molecule is C.CC.COc1ccc(C(=O)CCC(=O)O)cc1F.NC(=O)C(F)(F)F. The highest BCUT2D eigenvalue weighted by atomic mass is 19.4. The average molecular weight is 385 g/mol. The molecule has 6 nitrogen and oxygen atoms in total. The van der Waals surface area contributed by atoms with Gasteiger partial charge >= 0.3 is 18.1 Å². The van der Waals surface area contributed by atoms with Crippen LogP contribution in [0.3, 0.4) is 0 Å². The lowest BCUT2D eigenvalue weighted by molar-refractivity contribution is -0.169. The molecule has 150 valence electrons. The van der Waals surface area contributed by atoms with Crippen LogP contribution in [0.4, 0.5) is 17.6 Å². The van der Waals surface area contributed by atoms with Gasteiger partial charge in [-0.1, -0.05) is 21.3 Å². The number of nitrogens with two attached hydrogens (primary N) is 1. The van der Waals surface area contributed by atoms with Gasteiger partial charge in [-0.3, -0.25) is 14.4 Å². The molecule has 10 heteroatoms. The van der Waals surface area contributed by atoms with Crippen LogP contribution in [0, 0.1) is 5.82 Å². The fourth-order valence-corrected chi connectivity index (χ4v) is 1.20. The Balaban J connectivity index is -0.000000450. The number of amides is 1. The summed E-state index contributed by atoms with van der Waals surface area (Å²) in [5, 5.41) is 8.40. The minimum absolute atomic E-state index is 0. The number of rotatable bonds is 5. The van der Waals surface area contributed by atoms with Gasteiger partial charge in [0.1, 0.15) is 0 Å². The van der Waals surface area contributed by atoms with Crippen LogP contribution in [0.15, 0.2) is 18.2 Å². The number of benzene rings is 1. The normalized spacial score (nSPS) is 9.35. The molecule has 0 saturated heterocycles. The van der Waals surface area contributed by atoms with Crippen LogP contribution in [0.2, 0.25) is 0 Å². The third-order valence-corrected chi connectivity index (χ3v) is 2.32. The van der Waals surface area contributed by atoms with Crippen molar-refractivity contribution in [1.82, 2.24) is 0 Å². The minimum atomic E-state index is -4.86. The summed E-state index contributed by atoms with van der Waals surface area (Å²) in [5.41, 5.74) is 3.96. The molecule has 0 aliphatic heterocycles. The summed E-state index contributed by atoms with van der Waals surface area (Å²) < 4.78 is 50.0. The molecule has 0 spiro atoms. The number of carboxylic acid groups (broad SMARTS) is 1. The molecular weight excluding hydrogens is 362 g/mol. The summed E-state index contributed by atoms with van der Waals surface area (Å²) in [6, 6.07) is 3.79. The summed E-state index contributed by atoms with van der Waals surface area (Å²) in [4.78, 5) is 30.8. The van der Waals surface area contributed by atoms with Gasteiger partial charge in [-0.05, 0) is 18.2 Å². The van der Waals surface area contributed by atoms with E-state index in [1.165, 1.54) is 19.2 Å². The average Bonchev–Trinajstić information content (AvgIpc) is 2.54. The number of hydrogen-bond donors (Lipinski definition) is 2. The van der Waals surface area contributed by atoms with Crippen LogP contribution >= 0.6 is 0 Å². The molecule has 0 aliphatic rings. The summed E-state index contributed by atoms with van der Waals surface area (Å²) in [5.74, 6) is -4.29. The predicted molar refractivity (Wildman–Crippen MR) is 87.5 cm³/mol. The van der Waals surface area contributed by atoms with E-state index in [2.05, 4.69) is 5.73 Å². The number of ether oxygens (including phenoxy) is 1. The Morgan fingerprint density at radius 3 is 1.92 bits per heavy atom. The maximum absolute atomic E-state index is 13.2. The zero-order valence-electron chi connectivity index (χ0n) is 13.8. The van der Waals surface area contributed by atoms with Crippen molar-refractivity contribution in [2.24, 2.45) is 5.73 Å². The largest absolute Gasteiger partial charge is 0.494 e.